The Bertz CT molecular complexity index is 434. The molecule has 0 unspecified atom stereocenters. The maximum absolute atomic E-state index is 11.2. The maximum atomic E-state index is 11.2. The summed E-state index contributed by atoms with van der Waals surface area (Å²) in [7, 11) is 1.60. The Morgan fingerprint density at radius 1 is 1.39 bits per heavy atom. The molecule has 8 heteroatoms. The molecule has 0 saturated carbocycles. The lowest BCUT2D eigenvalue weighted by Gasteiger charge is -2.15. The van der Waals surface area contributed by atoms with Gasteiger partial charge in [0.1, 0.15) is 0 Å². The Morgan fingerprint density at radius 3 is 2.78 bits per heavy atom. The van der Waals surface area contributed by atoms with Gasteiger partial charge in [0.05, 0.1) is 5.75 Å². The van der Waals surface area contributed by atoms with Crippen LogP contribution in [0.3, 0.4) is 0 Å². The number of nitrogen functional groups attached to an aromatic ring is 1. The highest BCUT2D eigenvalue weighted by atomic mass is 32.2. The van der Waals surface area contributed by atoms with Gasteiger partial charge in [-0.15, -0.1) is 0 Å². The number of carbonyl (C=O) groups excluding carboxylic acids is 1. The molecule has 98 valence electrons. The second kappa shape index (κ2) is 5.85. The molecular weight excluding hydrogens is 252 g/mol. The van der Waals surface area contributed by atoms with E-state index in [-0.39, 0.29) is 17.6 Å². The minimum Gasteiger partial charge on any atom is -0.368 e. The molecule has 0 spiro atoms. The van der Waals surface area contributed by atoms with E-state index in [0.717, 1.165) is 25.9 Å². The zero-order valence-electron chi connectivity index (χ0n) is 10.2. The van der Waals surface area contributed by atoms with Gasteiger partial charge in [-0.3, -0.25) is 4.79 Å². The molecule has 2 rings (SSSR count). The first-order valence-electron chi connectivity index (χ1n) is 5.79. The molecule has 0 radical (unpaired) electrons. The molecule has 3 N–H and O–H groups in total. The second-order valence-electron chi connectivity index (χ2n) is 3.93. The van der Waals surface area contributed by atoms with E-state index in [1.807, 2.05) is 0 Å². The lowest BCUT2D eigenvalue weighted by molar-refractivity contribution is -0.118. The van der Waals surface area contributed by atoms with Crippen LogP contribution in [0.5, 0.6) is 0 Å². The molecule has 0 atom stereocenters. The molecule has 1 aromatic rings. The van der Waals surface area contributed by atoms with E-state index >= 15 is 0 Å². The van der Waals surface area contributed by atoms with Crippen LogP contribution in [0.1, 0.15) is 12.8 Å². The van der Waals surface area contributed by atoms with Gasteiger partial charge in [0.2, 0.25) is 17.8 Å². The minimum atomic E-state index is -0.0679. The molecule has 7 nitrogen and oxygen atoms in total. The second-order valence-corrected chi connectivity index (χ2v) is 4.87. The van der Waals surface area contributed by atoms with E-state index in [1.54, 1.807) is 7.05 Å². The number of aromatic nitrogens is 3. The van der Waals surface area contributed by atoms with Crippen molar-refractivity contribution in [1.29, 1.82) is 0 Å². The van der Waals surface area contributed by atoms with E-state index in [1.165, 1.54) is 11.8 Å². The van der Waals surface area contributed by atoms with Crippen LogP contribution in [0.25, 0.3) is 0 Å². The largest absolute Gasteiger partial charge is 0.368 e. The number of hydrogen-bond donors (Lipinski definition) is 2. The predicted molar refractivity (Wildman–Crippen MR) is 70.5 cm³/mol. The van der Waals surface area contributed by atoms with Gasteiger partial charge in [-0.25, -0.2) is 0 Å². The fourth-order valence-corrected chi connectivity index (χ4v) is 2.40. The molecular formula is C10H16N6OS. The van der Waals surface area contributed by atoms with Crippen LogP contribution in [0.4, 0.5) is 11.9 Å². The molecule has 1 amide bonds. The smallest absolute Gasteiger partial charge is 0.231 e. The first-order chi connectivity index (χ1) is 8.69. The van der Waals surface area contributed by atoms with Gasteiger partial charge in [0, 0.05) is 20.1 Å². The SMILES string of the molecule is CNC(=O)CSc1nc(N)nc(N2CCCC2)n1. The number of nitrogens with two attached hydrogens (primary N) is 1. The molecule has 2 heterocycles. The standard InChI is InChI=1S/C10H16N6OS/c1-12-7(17)6-18-10-14-8(11)13-9(15-10)16-4-2-3-5-16/h2-6H2,1H3,(H,12,17)(H2,11,13,14,15). The van der Waals surface area contributed by atoms with Gasteiger partial charge in [-0.05, 0) is 12.8 Å². The van der Waals surface area contributed by atoms with E-state index < -0.39 is 0 Å². The number of thioether (sulfide) groups is 1. The molecule has 1 aliphatic heterocycles. The Hall–Kier alpha value is -1.57. The summed E-state index contributed by atoms with van der Waals surface area (Å²) >= 11 is 1.26. The number of amides is 1. The molecule has 18 heavy (non-hydrogen) atoms. The van der Waals surface area contributed by atoms with Gasteiger partial charge in [-0.1, -0.05) is 11.8 Å². The third-order valence-electron chi connectivity index (χ3n) is 2.62. The van der Waals surface area contributed by atoms with E-state index in [9.17, 15) is 4.79 Å². The Kier molecular flexibility index (Phi) is 4.19. The number of nitrogens with one attached hydrogen (secondary N) is 1. The van der Waals surface area contributed by atoms with Gasteiger partial charge in [-0.2, -0.15) is 15.0 Å². The topological polar surface area (TPSA) is 97.0 Å². The summed E-state index contributed by atoms with van der Waals surface area (Å²) in [5, 5.41) is 3.04. The normalized spacial score (nSPS) is 14.8. The van der Waals surface area contributed by atoms with Crippen LogP contribution in [-0.4, -0.2) is 46.7 Å². The third-order valence-corrected chi connectivity index (χ3v) is 3.47. The fourth-order valence-electron chi connectivity index (χ4n) is 1.69. The van der Waals surface area contributed by atoms with Crippen molar-refractivity contribution in [2.24, 2.45) is 0 Å². The average Bonchev–Trinajstić information content (AvgIpc) is 2.89. The van der Waals surface area contributed by atoms with Crippen molar-refractivity contribution in [3.8, 4) is 0 Å². The van der Waals surface area contributed by atoms with Crippen LogP contribution >= 0.6 is 11.8 Å². The first kappa shape index (κ1) is 12.9. The quantitative estimate of drug-likeness (QED) is 0.735. The van der Waals surface area contributed by atoms with Crippen LogP contribution in [0.15, 0.2) is 5.16 Å². The van der Waals surface area contributed by atoms with E-state index in [4.69, 9.17) is 5.73 Å². The first-order valence-corrected chi connectivity index (χ1v) is 6.77. The lowest BCUT2D eigenvalue weighted by atomic mass is 10.4. The van der Waals surface area contributed by atoms with Crippen molar-refractivity contribution in [3.63, 3.8) is 0 Å². The summed E-state index contributed by atoms with van der Waals surface area (Å²) in [5.74, 6) is 1.02. The van der Waals surface area contributed by atoms with Gasteiger partial charge in [0.15, 0.2) is 5.16 Å². The highest BCUT2D eigenvalue weighted by Crippen LogP contribution is 2.20. The van der Waals surface area contributed by atoms with Crippen LogP contribution in [-0.2, 0) is 4.79 Å². The molecule has 0 aliphatic carbocycles. The maximum Gasteiger partial charge on any atom is 0.231 e. The van der Waals surface area contributed by atoms with Crippen LogP contribution in [0, 0.1) is 0 Å². The number of anilines is 2. The number of rotatable bonds is 4. The van der Waals surface area contributed by atoms with E-state index in [2.05, 4.69) is 25.2 Å². The fraction of sp³-hybridized carbons (Fsp3) is 0.600. The Morgan fingerprint density at radius 2 is 2.11 bits per heavy atom. The molecule has 1 saturated heterocycles. The Labute approximate surface area is 110 Å². The minimum absolute atomic E-state index is 0.0679. The zero-order valence-corrected chi connectivity index (χ0v) is 11.0. The van der Waals surface area contributed by atoms with Crippen molar-refractivity contribution in [2.45, 2.75) is 18.0 Å². The third kappa shape index (κ3) is 3.22. The van der Waals surface area contributed by atoms with Crippen molar-refractivity contribution in [3.05, 3.63) is 0 Å². The summed E-state index contributed by atoms with van der Waals surface area (Å²) in [4.78, 5) is 25.7. The molecule has 1 aliphatic rings. The lowest BCUT2D eigenvalue weighted by Crippen LogP contribution is -2.22. The summed E-state index contributed by atoms with van der Waals surface area (Å²) in [6, 6.07) is 0. The number of hydrogen-bond acceptors (Lipinski definition) is 7. The Balaban J connectivity index is 2.08. The van der Waals surface area contributed by atoms with Crippen molar-refractivity contribution in [2.75, 3.05) is 36.5 Å². The summed E-state index contributed by atoms with van der Waals surface area (Å²) in [5.41, 5.74) is 5.66. The van der Waals surface area contributed by atoms with Gasteiger partial charge >= 0.3 is 0 Å². The van der Waals surface area contributed by atoms with Gasteiger partial charge < -0.3 is 16.0 Å². The average molecular weight is 268 g/mol. The summed E-state index contributed by atoms with van der Waals surface area (Å²) in [6.45, 7) is 1.89. The van der Waals surface area contributed by atoms with Crippen molar-refractivity contribution >= 4 is 29.6 Å². The molecule has 0 bridgehead atoms. The highest BCUT2D eigenvalue weighted by molar-refractivity contribution is 7.99. The zero-order chi connectivity index (χ0) is 13.0. The monoisotopic (exact) mass is 268 g/mol. The molecule has 0 aromatic carbocycles. The molecule has 1 aromatic heterocycles. The van der Waals surface area contributed by atoms with Crippen LogP contribution in [0.2, 0.25) is 0 Å². The van der Waals surface area contributed by atoms with Crippen molar-refractivity contribution < 1.29 is 4.79 Å². The number of nitrogens with zero attached hydrogens (tertiary/aromatic N) is 4. The van der Waals surface area contributed by atoms with E-state index in [0.29, 0.717) is 11.1 Å². The van der Waals surface area contributed by atoms with Crippen molar-refractivity contribution in [1.82, 2.24) is 20.3 Å². The van der Waals surface area contributed by atoms with Gasteiger partial charge in [0.25, 0.3) is 0 Å². The summed E-state index contributed by atoms with van der Waals surface area (Å²) < 4.78 is 0. The van der Waals surface area contributed by atoms with Crippen LogP contribution < -0.4 is 16.0 Å². The highest BCUT2D eigenvalue weighted by Gasteiger charge is 2.17. The summed E-state index contributed by atoms with van der Waals surface area (Å²) in [6.07, 6.45) is 2.29. The number of carbonyl (C=O) groups is 1. The molecule has 1 fully saturated rings. The predicted octanol–water partition coefficient (Wildman–Crippen LogP) is -0.108.